The average Bonchev–Trinajstić information content (AvgIpc) is 2.46. The molecular weight excluding hydrogens is 154 g/mol. The molecule has 0 bridgehead atoms. The van der Waals surface area contributed by atoms with Gasteiger partial charge in [-0.3, -0.25) is 0 Å². The summed E-state index contributed by atoms with van der Waals surface area (Å²) in [6, 6.07) is 10.2. The number of aromatic nitrogens is 1. The molecule has 1 N–H and O–H groups in total. The molecule has 2 rings (SSSR count). The van der Waals surface area contributed by atoms with Crippen LogP contribution >= 0.6 is 0 Å². The van der Waals surface area contributed by atoms with Crippen molar-refractivity contribution in [1.82, 2.24) is 4.98 Å². The second kappa shape index (κ2) is 2.43. The van der Waals surface area contributed by atoms with Crippen LogP contribution in [-0.4, -0.2) is 15.5 Å². The van der Waals surface area contributed by atoms with Gasteiger partial charge in [-0.25, -0.2) is 0 Å². The number of hydrogen-bond acceptors (Lipinski definition) is 1. The minimum absolute atomic E-state index is 0.734. The van der Waals surface area contributed by atoms with Gasteiger partial charge in [0.1, 0.15) is 0 Å². The molecule has 0 saturated carbocycles. The SMILES string of the molecule is [SiH3]Oc1cc2ccccc2[nH]1. The van der Waals surface area contributed by atoms with Crippen molar-refractivity contribution in [3.05, 3.63) is 30.3 Å². The third kappa shape index (κ3) is 1.03. The molecule has 0 aliphatic carbocycles. The van der Waals surface area contributed by atoms with Crippen molar-refractivity contribution < 1.29 is 4.43 Å². The van der Waals surface area contributed by atoms with Gasteiger partial charge in [-0.15, -0.1) is 0 Å². The standard InChI is InChI=1S/C8H9NOSi/c11-10-8-5-6-3-1-2-4-7(6)9-8/h1-5,9H,11H3. The van der Waals surface area contributed by atoms with Crippen LogP contribution in [0.5, 0.6) is 5.88 Å². The Morgan fingerprint density at radius 2 is 2.09 bits per heavy atom. The van der Waals surface area contributed by atoms with Crippen molar-refractivity contribution in [1.29, 1.82) is 0 Å². The maximum absolute atomic E-state index is 5.18. The van der Waals surface area contributed by atoms with Crippen molar-refractivity contribution >= 4 is 21.4 Å². The normalized spacial score (nSPS) is 10.5. The zero-order valence-corrected chi connectivity index (χ0v) is 8.29. The third-order valence-corrected chi connectivity index (χ3v) is 2.16. The first-order valence-corrected chi connectivity index (χ1v) is 4.33. The highest BCUT2D eigenvalue weighted by molar-refractivity contribution is 6.00. The summed E-state index contributed by atoms with van der Waals surface area (Å²) in [5.41, 5.74) is 1.14. The molecule has 0 unspecified atom stereocenters. The van der Waals surface area contributed by atoms with E-state index in [1.54, 1.807) is 0 Å². The molecule has 0 spiro atoms. The van der Waals surface area contributed by atoms with Crippen molar-refractivity contribution in [3.8, 4) is 5.88 Å². The maximum atomic E-state index is 5.18. The minimum atomic E-state index is 0.734. The van der Waals surface area contributed by atoms with E-state index in [9.17, 15) is 0 Å². The Kier molecular flexibility index (Phi) is 1.43. The molecule has 0 aliphatic rings. The smallest absolute Gasteiger partial charge is 0.206 e. The highest BCUT2D eigenvalue weighted by atomic mass is 28.2. The van der Waals surface area contributed by atoms with Gasteiger partial charge in [0.25, 0.3) is 0 Å². The predicted molar refractivity (Wildman–Crippen MR) is 48.9 cm³/mol. The van der Waals surface area contributed by atoms with E-state index in [1.807, 2.05) is 24.3 Å². The van der Waals surface area contributed by atoms with Gasteiger partial charge in [0, 0.05) is 17.0 Å². The van der Waals surface area contributed by atoms with Gasteiger partial charge in [0.15, 0.2) is 5.88 Å². The zero-order valence-electron chi connectivity index (χ0n) is 6.29. The second-order valence-corrected chi connectivity index (χ2v) is 2.83. The van der Waals surface area contributed by atoms with Gasteiger partial charge in [0.2, 0.25) is 10.5 Å². The van der Waals surface area contributed by atoms with Crippen LogP contribution in [0.3, 0.4) is 0 Å². The molecule has 56 valence electrons. The van der Waals surface area contributed by atoms with E-state index in [2.05, 4.69) is 11.1 Å². The Balaban J connectivity index is 2.69. The fourth-order valence-corrected chi connectivity index (χ4v) is 1.38. The van der Waals surface area contributed by atoms with E-state index < -0.39 is 0 Å². The number of benzene rings is 1. The topological polar surface area (TPSA) is 25.0 Å². The van der Waals surface area contributed by atoms with E-state index in [0.717, 1.165) is 21.9 Å². The van der Waals surface area contributed by atoms with Gasteiger partial charge in [-0.05, 0) is 6.07 Å². The Morgan fingerprint density at radius 1 is 1.27 bits per heavy atom. The van der Waals surface area contributed by atoms with Crippen LogP contribution in [-0.2, 0) is 0 Å². The Labute approximate surface area is 67.7 Å². The molecule has 2 nitrogen and oxygen atoms in total. The highest BCUT2D eigenvalue weighted by Gasteiger charge is 1.96. The van der Waals surface area contributed by atoms with Crippen molar-refractivity contribution in [2.45, 2.75) is 0 Å². The van der Waals surface area contributed by atoms with Crippen molar-refractivity contribution in [3.63, 3.8) is 0 Å². The minimum Gasteiger partial charge on any atom is -0.542 e. The highest BCUT2D eigenvalue weighted by Crippen LogP contribution is 2.18. The number of para-hydroxylation sites is 1. The first-order chi connectivity index (χ1) is 5.40. The van der Waals surface area contributed by atoms with Crippen molar-refractivity contribution in [2.75, 3.05) is 0 Å². The first kappa shape index (κ1) is 6.48. The van der Waals surface area contributed by atoms with E-state index in [4.69, 9.17) is 4.43 Å². The molecule has 0 radical (unpaired) electrons. The Bertz CT molecular complexity index is 336. The quantitative estimate of drug-likeness (QED) is 0.619. The molecule has 1 aromatic heterocycles. The number of nitrogens with one attached hydrogen (secondary N) is 1. The molecule has 0 saturated heterocycles. The maximum Gasteiger partial charge on any atom is 0.206 e. The van der Waals surface area contributed by atoms with E-state index >= 15 is 0 Å². The Morgan fingerprint density at radius 3 is 2.82 bits per heavy atom. The van der Waals surface area contributed by atoms with Gasteiger partial charge < -0.3 is 9.41 Å². The van der Waals surface area contributed by atoms with Gasteiger partial charge >= 0.3 is 0 Å². The van der Waals surface area contributed by atoms with Crippen LogP contribution < -0.4 is 4.43 Å². The number of rotatable bonds is 1. The van der Waals surface area contributed by atoms with Crippen LogP contribution in [0.2, 0.25) is 0 Å². The lowest BCUT2D eigenvalue weighted by atomic mass is 10.3. The summed E-state index contributed by atoms with van der Waals surface area (Å²) in [4.78, 5) is 3.16. The Hall–Kier alpha value is -1.22. The average molecular weight is 163 g/mol. The summed E-state index contributed by atoms with van der Waals surface area (Å²) in [7, 11) is 0.734. The molecule has 3 heteroatoms. The van der Waals surface area contributed by atoms with Crippen LogP contribution in [0.4, 0.5) is 0 Å². The third-order valence-electron chi connectivity index (χ3n) is 1.73. The fourth-order valence-electron chi connectivity index (χ4n) is 1.16. The summed E-state index contributed by atoms with van der Waals surface area (Å²) in [5.74, 6) is 0.873. The monoisotopic (exact) mass is 163 g/mol. The number of aromatic amines is 1. The summed E-state index contributed by atoms with van der Waals surface area (Å²) >= 11 is 0. The molecule has 1 aromatic carbocycles. The summed E-state index contributed by atoms with van der Waals surface area (Å²) in [5, 5.41) is 1.21. The van der Waals surface area contributed by atoms with E-state index in [1.165, 1.54) is 5.39 Å². The fraction of sp³-hybridized carbons (Fsp3) is 0. The number of fused-ring (bicyclic) bond motifs is 1. The molecule has 0 aliphatic heterocycles. The molecule has 1 heterocycles. The van der Waals surface area contributed by atoms with Crippen LogP contribution in [0.15, 0.2) is 30.3 Å². The van der Waals surface area contributed by atoms with Gasteiger partial charge in [0.05, 0.1) is 0 Å². The second-order valence-electron chi connectivity index (χ2n) is 2.42. The lowest BCUT2D eigenvalue weighted by molar-refractivity contribution is 0.595. The largest absolute Gasteiger partial charge is 0.542 e. The van der Waals surface area contributed by atoms with Gasteiger partial charge in [-0.1, -0.05) is 18.2 Å². The zero-order chi connectivity index (χ0) is 7.68. The molecule has 2 aromatic rings. The lowest BCUT2D eigenvalue weighted by Crippen LogP contribution is -1.82. The summed E-state index contributed by atoms with van der Waals surface area (Å²) in [6.07, 6.45) is 0. The van der Waals surface area contributed by atoms with Gasteiger partial charge in [-0.2, -0.15) is 0 Å². The predicted octanol–water partition coefficient (Wildman–Crippen LogP) is 0.827. The van der Waals surface area contributed by atoms with Crippen molar-refractivity contribution in [2.24, 2.45) is 0 Å². The summed E-state index contributed by atoms with van der Waals surface area (Å²) < 4.78 is 5.18. The molecule has 11 heavy (non-hydrogen) atoms. The van der Waals surface area contributed by atoms with E-state index in [-0.39, 0.29) is 0 Å². The molecule has 0 amide bonds. The number of H-pyrrole nitrogens is 1. The van der Waals surface area contributed by atoms with Crippen LogP contribution in [0.1, 0.15) is 0 Å². The molecule has 0 fully saturated rings. The van der Waals surface area contributed by atoms with E-state index in [0.29, 0.717) is 0 Å². The summed E-state index contributed by atoms with van der Waals surface area (Å²) in [6.45, 7) is 0. The number of hydrogen-bond donors (Lipinski definition) is 1. The van der Waals surface area contributed by atoms with Crippen LogP contribution in [0, 0.1) is 0 Å². The molecular formula is C8H9NOSi. The lowest BCUT2D eigenvalue weighted by Gasteiger charge is -1.90. The first-order valence-electron chi connectivity index (χ1n) is 3.52. The van der Waals surface area contributed by atoms with Crippen LogP contribution in [0.25, 0.3) is 10.9 Å². The molecule has 0 atom stereocenters.